The van der Waals surface area contributed by atoms with Crippen LogP contribution in [-0.2, 0) is 4.65 Å². The van der Waals surface area contributed by atoms with Gasteiger partial charge < -0.3 is 19.5 Å². The largest absolute Gasteiger partial charge is 0.460 e. The Morgan fingerprint density at radius 2 is 1.82 bits per heavy atom. The van der Waals surface area contributed by atoms with Crippen LogP contribution in [0.15, 0.2) is 46.0 Å². The molecule has 177 valence electrons. The van der Waals surface area contributed by atoms with E-state index >= 15 is 0 Å². The van der Waals surface area contributed by atoms with Crippen LogP contribution < -0.4 is 10.8 Å². The molecule has 0 spiro atoms. The van der Waals surface area contributed by atoms with E-state index in [1.165, 1.54) is 26.0 Å². The SMILES string of the molecule is CC(C)(O)C(C)(C)O[B]c1ccc2c(C(=O)NC3=C(F)CCC(C(F)(F)F)=C3)coc2c1F. The number of hydrogen-bond donors (Lipinski definition) is 2. The molecule has 2 aromatic rings. The fourth-order valence-corrected chi connectivity index (χ4v) is 2.92. The number of alkyl halides is 3. The van der Waals surface area contributed by atoms with Crippen molar-refractivity contribution in [2.45, 2.75) is 57.9 Å². The third-order valence-corrected chi connectivity index (χ3v) is 5.75. The lowest BCUT2D eigenvalue weighted by atomic mass is 9.82. The number of benzene rings is 1. The highest BCUT2D eigenvalue weighted by Gasteiger charge is 2.37. The maximum absolute atomic E-state index is 14.9. The molecule has 1 heterocycles. The Balaban J connectivity index is 1.84. The molecule has 3 rings (SSSR count). The molecule has 1 aliphatic rings. The van der Waals surface area contributed by atoms with Crippen LogP contribution in [0.25, 0.3) is 11.0 Å². The number of amides is 1. The van der Waals surface area contributed by atoms with Gasteiger partial charge in [-0.05, 0) is 45.7 Å². The van der Waals surface area contributed by atoms with Crippen molar-refractivity contribution in [1.29, 1.82) is 0 Å². The first-order valence-corrected chi connectivity index (χ1v) is 10.0. The zero-order valence-corrected chi connectivity index (χ0v) is 18.4. The quantitative estimate of drug-likeness (QED) is 0.479. The summed E-state index contributed by atoms with van der Waals surface area (Å²) in [7, 11) is 1.11. The molecule has 11 heteroatoms. The number of fused-ring (bicyclic) bond motifs is 1. The van der Waals surface area contributed by atoms with Crippen molar-refractivity contribution in [3.05, 3.63) is 52.9 Å². The zero-order valence-electron chi connectivity index (χ0n) is 18.4. The molecular formula is C22H22BF5NO4. The predicted octanol–water partition coefficient (Wildman–Crippen LogP) is 4.58. The third kappa shape index (κ3) is 5.14. The summed E-state index contributed by atoms with van der Waals surface area (Å²) >= 11 is 0. The van der Waals surface area contributed by atoms with Crippen molar-refractivity contribution in [3.63, 3.8) is 0 Å². The minimum atomic E-state index is -4.64. The summed E-state index contributed by atoms with van der Waals surface area (Å²) in [4.78, 5) is 12.6. The van der Waals surface area contributed by atoms with E-state index in [0.29, 0.717) is 6.08 Å². The molecule has 0 fully saturated rings. The summed E-state index contributed by atoms with van der Waals surface area (Å²) in [5, 5.41) is 12.3. The molecule has 1 amide bonds. The highest BCUT2D eigenvalue weighted by Crippen LogP contribution is 2.35. The Kier molecular flexibility index (Phi) is 6.51. The van der Waals surface area contributed by atoms with Crippen LogP contribution in [0.5, 0.6) is 0 Å². The Hall–Kier alpha value is -2.66. The summed E-state index contributed by atoms with van der Waals surface area (Å²) in [6.45, 7) is 6.31. The number of carbonyl (C=O) groups is 1. The summed E-state index contributed by atoms with van der Waals surface area (Å²) in [5.74, 6) is -2.69. The number of allylic oxidation sites excluding steroid dienone is 3. The van der Waals surface area contributed by atoms with Gasteiger partial charge in [0, 0.05) is 17.4 Å². The second kappa shape index (κ2) is 8.60. The van der Waals surface area contributed by atoms with Gasteiger partial charge >= 0.3 is 13.7 Å². The second-order valence-electron chi connectivity index (χ2n) is 8.74. The van der Waals surface area contributed by atoms with Crippen LogP contribution in [0.2, 0.25) is 0 Å². The van der Waals surface area contributed by atoms with Gasteiger partial charge in [0.25, 0.3) is 5.91 Å². The van der Waals surface area contributed by atoms with Crippen molar-refractivity contribution >= 4 is 29.8 Å². The fraction of sp³-hybridized carbons (Fsp3) is 0.409. The summed E-state index contributed by atoms with van der Waals surface area (Å²) < 4.78 is 78.5. The Morgan fingerprint density at radius 3 is 2.42 bits per heavy atom. The first kappa shape index (κ1) is 25.0. The van der Waals surface area contributed by atoms with Crippen molar-refractivity contribution < 1.29 is 40.9 Å². The normalized spacial score (nSPS) is 15.6. The Morgan fingerprint density at radius 1 is 1.15 bits per heavy atom. The molecule has 0 aliphatic heterocycles. The second-order valence-corrected chi connectivity index (χ2v) is 8.74. The molecule has 0 bridgehead atoms. The van der Waals surface area contributed by atoms with Gasteiger partial charge in [-0.2, -0.15) is 13.2 Å². The molecule has 5 nitrogen and oxygen atoms in total. The average Bonchev–Trinajstić information content (AvgIpc) is 3.12. The summed E-state index contributed by atoms with van der Waals surface area (Å²) in [6.07, 6.45) is -4.18. The van der Waals surface area contributed by atoms with Crippen LogP contribution in [0.4, 0.5) is 22.0 Å². The Bertz CT molecular complexity index is 1140. The number of hydrogen-bond acceptors (Lipinski definition) is 4. The minimum Gasteiger partial charge on any atom is -0.460 e. The van der Waals surface area contributed by atoms with E-state index < -0.39 is 59.0 Å². The van der Waals surface area contributed by atoms with Crippen molar-refractivity contribution in [2.24, 2.45) is 0 Å². The monoisotopic (exact) mass is 470 g/mol. The third-order valence-electron chi connectivity index (χ3n) is 5.75. The van der Waals surface area contributed by atoms with Gasteiger partial charge in [0.1, 0.15) is 12.1 Å². The van der Waals surface area contributed by atoms with Crippen molar-refractivity contribution in [3.8, 4) is 0 Å². The number of aliphatic hydroxyl groups is 1. The molecule has 1 radical (unpaired) electrons. The zero-order chi connectivity index (χ0) is 24.8. The lowest BCUT2D eigenvalue weighted by Gasteiger charge is -2.37. The fourth-order valence-electron chi connectivity index (χ4n) is 2.92. The van der Waals surface area contributed by atoms with Gasteiger partial charge in [0.15, 0.2) is 11.4 Å². The molecule has 2 N–H and O–H groups in total. The number of carbonyl (C=O) groups excluding carboxylic acids is 1. The van der Waals surface area contributed by atoms with Gasteiger partial charge in [0.05, 0.1) is 22.5 Å². The van der Waals surface area contributed by atoms with Gasteiger partial charge in [0.2, 0.25) is 0 Å². The topological polar surface area (TPSA) is 71.7 Å². The lowest BCUT2D eigenvalue weighted by molar-refractivity contribution is -0.0943. The molecule has 1 aromatic heterocycles. The molecule has 1 aromatic carbocycles. The maximum atomic E-state index is 14.9. The van der Waals surface area contributed by atoms with Gasteiger partial charge in [-0.25, -0.2) is 8.78 Å². The van der Waals surface area contributed by atoms with E-state index in [0.717, 1.165) is 13.7 Å². The van der Waals surface area contributed by atoms with Gasteiger partial charge in [-0.15, -0.1) is 0 Å². The summed E-state index contributed by atoms with van der Waals surface area (Å²) in [6, 6.07) is 2.68. The van der Waals surface area contributed by atoms with E-state index in [-0.39, 0.29) is 22.0 Å². The van der Waals surface area contributed by atoms with E-state index in [2.05, 4.69) is 5.32 Å². The van der Waals surface area contributed by atoms with E-state index in [1.807, 2.05) is 0 Å². The van der Waals surface area contributed by atoms with E-state index in [1.54, 1.807) is 13.8 Å². The van der Waals surface area contributed by atoms with E-state index in [4.69, 9.17) is 9.07 Å². The van der Waals surface area contributed by atoms with E-state index in [9.17, 15) is 31.9 Å². The lowest BCUT2D eigenvalue weighted by Crippen LogP contribution is -2.49. The maximum Gasteiger partial charge on any atom is 0.412 e. The smallest absolute Gasteiger partial charge is 0.412 e. The molecule has 0 saturated heterocycles. The standard InChI is InChI=1S/C22H22BF5NO4/c1-20(2,31)21(3,4)33-23-14-7-6-12-13(10-32-18(12)17(14)25)19(30)29-16-9-11(22(26,27)28)5-8-15(16)24/h6-7,9-10,31H,5,8H2,1-4H3,(H,29,30). The minimum absolute atomic E-state index is 0.0140. The number of furan rings is 1. The number of rotatable bonds is 6. The molecule has 0 unspecified atom stereocenters. The molecular weight excluding hydrogens is 448 g/mol. The van der Waals surface area contributed by atoms with Gasteiger partial charge in [-0.3, -0.25) is 4.79 Å². The molecule has 33 heavy (non-hydrogen) atoms. The van der Waals surface area contributed by atoms with Crippen LogP contribution in [0.3, 0.4) is 0 Å². The van der Waals surface area contributed by atoms with Crippen LogP contribution in [0, 0.1) is 5.82 Å². The van der Waals surface area contributed by atoms with Crippen molar-refractivity contribution in [1.82, 2.24) is 5.32 Å². The predicted molar refractivity (Wildman–Crippen MR) is 112 cm³/mol. The summed E-state index contributed by atoms with van der Waals surface area (Å²) in [5.41, 5.74) is -4.33. The first-order chi connectivity index (χ1) is 15.1. The van der Waals surface area contributed by atoms with Crippen LogP contribution >= 0.6 is 0 Å². The average molecular weight is 470 g/mol. The highest BCUT2D eigenvalue weighted by atomic mass is 19.4. The van der Waals surface area contributed by atoms with Crippen LogP contribution in [-0.4, -0.2) is 35.9 Å². The Labute approximate surface area is 187 Å². The molecule has 1 aliphatic carbocycles. The van der Waals surface area contributed by atoms with Crippen molar-refractivity contribution in [2.75, 3.05) is 0 Å². The number of nitrogens with one attached hydrogen (secondary N) is 1. The first-order valence-electron chi connectivity index (χ1n) is 10.0. The molecule has 0 saturated carbocycles. The molecule has 0 atom stereocenters. The van der Waals surface area contributed by atoms with Crippen LogP contribution in [0.1, 0.15) is 50.9 Å². The van der Waals surface area contributed by atoms with Gasteiger partial charge in [-0.1, -0.05) is 12.1 Å². The number of halogens is 5. The highest BCUT2D eigenvalue weighted by molar-refractivity contribution is 6.47.